The molecule has 3 N–H and O–H groups in total. The molecule has 1 aromatic heterocycles. The number of amides is 2. The minimum Gasteiger partial charge on any atom is -0.351 e. The Bertz CT molecular complexity index is 1030. The molecule has 144 valence electrons. The van der Waals surface area contributed by atoms with Crippen LogP contribution >= 0.6 is 0 Å². The van der Waals surface area contributed by atoms with E-state index in [1.165, 1.54) is 0 Å². The van der Waals surface area contributed by atoms with Gasteiger partial charge in [0.25, 0.3) is 5.56 Å². The van der Waals surface area contributed by atoms with Crippen LogP contribution in [0.3, 0.4) is 0 Å². The highest BCUT2D eigenvalue weighted by atomic mass is 32.2. The summed E-state index contributed by atoms with van der Waals surface area (Å²) in [5, 5.41) is 5.98. The standard InChI is InChI=1S/C18H21N3O5S/c22-16(19-10-17(23)20-14-7-8-27(25,26)11-14)6-5-13-9-12-3-1-2-4-15(12)21-18(13)24/h1-4,9,14H,5-8,10-11H2,(H,19,22)(H,20,23)(H,21,24). The summed E-state index contributed by atoms with van der Waals surface area (Å²) in [6.07, 6.45) is 0.730. The summed E-state index contributed by atoms with van der Waals surface area (Å²) in [5.41, 5.74) is 1.01. The Kier molecular flexibility index (Phi) is 5.59. The molecule has 2 amide bonds. The van der Waals surface area contributed by atoms with Gasteiger partial charge < -0.3 is 15.6 Å². The van der Waals surface area contributed by atoms with E-state index >= 15 is 0 Å². The average molecular weight is 391 g/mol. The Morgan fingerprint density at radius 1 is 1.19 bits per heavy atom. The van der Waals surface area contributed by atoms with Crippen LogP contribution in [0.1, 0.15) is 18.4 Å². The number of fused-ring (bicyclic) bond motifs is 1. The third-order valence-corrected chi connectivity index (χ3v) is 6.26. The first-order valence-electron chi connectivity index (χ1n) is 8.70. The summed E-state index contributed by atoms with van der Waals surface area (Å²) < 4.78 is 22.7. The number of carbonyl (C=O) groups excluding carboxylic acids is 2. The van der Waals surface area contributed by atoms with Crippen molar-refractivity contribution in [2.45, 2.75) is 25.3 Å². The molecule has 0 spiro atoms. The van der Waals surface area contributed by atoms with Crippen LogP contribution in [0.25, 0.3) is 10.9 Å². The van der Waals surface area contributed by atoms with E-state index in [-0.39, 0.29) is 42.4 Å². The molecule has 2 aromatic rings. The summed E-state index contributed by atoms with van der Waals surface area (Å²) in [6, 6.07) is 8.75. The lowest BCUT2D eigenvalue weighted by Gasteiger charge is -2.11. The number of H-pyrrole nitrogens is 1. The highest BCUT2D eigenvalue weighted by molar-refractivity contribution is 7.91. The Balaban J connectivity index is 1.46. The number of carbonyl (C=O) groups is 2. The van der Waals surface area contributed by atoms with Crippen LogP contribution in [0.5, 0.6) is 0 Å². The fraction of sp³-hybridized carbons (Fsp3) is 0.389. The number of para-hydroxylation sites is 1. The summed E-state index contributed by atoms with van der Waals surface area (Å²) in [4.78, 5) is 38.6. The zero-order chi connectivity index (χ0) is 19.4. The van der Waals surface area contributed by atoms with Gasteiger partial charge in [-0.1, -0.05) is 18.2 Å². The summed E-state index contributed by atoms with van der Waals surface area (Å²) in [7, 11) is -3.07. The highest BCUT2D eigenvalue weighted by Crippen LogP contribution is 2.12. The minimum absolute atomic E-state index is 0.0581. The Hall–Kier alpha value is -2.68. The molecule has 3 rings (SSSR count). The fourth-order valence-corrected chi connectivity index (χ4v) is 4.75. The third kappa shape index (κ3) is 5.16. The largest absolute Gasteiger partial charge is 0.351 e. The Morgan fingerprint density at radius 2 is 1.96 bits per heavy atom. The number of nitrogens with one attached hydrogen (secondary N) is 3. The monoisotopic (exact) mass is 391 g/mol. The first-order valence-corrected chi connectivity index (χ1v) is 10.5. The number of aromatic amines is 1. The number of aromatic nitrogens is 1. The molecule has 27 heavy (non-hydrogen) atoms. The van der Waals surface area contributed by atoms with Crippen LogP contribution in [0.2, 0.25) is 0 Å². The summed E-state index contributed by atoms with van der Waals surface area (Å²) in [6.45, 7) is -0.219. The number of hydrogen-bond donors (Lipinski definition) is 3. The van der Waals surface area contributed by atoms with E-state index in [2.05, 4.69) is 15.6 Å². The van der Waals surface area contributed by atoms with Gasteiger partial charge in [-0.3, -0.25) is 14.4 Å². The van der Waals surface area contributed by atoms with Crippen LogP contribution in [0.4, 0.5) is 0 Å². The van der Waals surface area contributed by atoms with Crippen LogP contribution in [-0.4, -0.2) is 49.3 Å². The maximum Gasteiger partial charge on any atom is 0.251 e. The van der Waals surface area contributed by atoms with Crippen LogP contribution in [0, 0.1) is 0 Å². The molecule has 1 unspecified atom stereocenters. The SMILES string of the molecule is O=C(CCc1cc2ccccc2[nH]c1=O)NCC(=O)NC1CCS(=O)(=O)C1. The lowest BCUT2D eigenvalue weighted by Crippen LogP contribution is -2.42. The van der Waals surface area contributed by atoms with E-state index in [0.717, 1.165) is 10.9 Å². The summed E-state index contributed by atoms with van der Waals surface area (Å²) >= 11 is 0. The van der Waals surface area contributed by atoms with Gasteiger partial charge in [-0.25, -0.2) is 8.42 Å². The Labute approximate surface area is 156 Å². The molecule has 1 atom stereocenters. The predicted molar refractivity (Wildman–Crippen MR) is 101 cm³/mol. The third-order valence-electron chi connectivity index (χ3n) is 4.50. The van der Waals surface area contributed by atoms with Crippen molar-refractivity contribution in [2.24, 2.45) is 0 Å². The van der Waals surface area contributed by atoms with Crippen molar-refractivity contribution in [3.8, 4) is 0 Å². The van der Waals surface area contributed by atoms with E-state index in [1.54, 1.807) is 12.1 Å². The molecule has 2 heterocycles. The average Bonchev–Trinajstić information content (AvgIpc) is 2.96. The van der Waals surface area contributed by atoms with Crippen molar-refractivity contribution in [2.75, 3.05) is 18.1 Å². The molecule has 0 saturated carbocycles. The molecule has 1 fully saturated rings. The zero-order valence-electron chi connectivity index (χ0n) is 14.7. The number of rotatable bonds is 6. The van der Waals surface area contributed by atoms with Gasteiger partial charge in [-0.15, -0.1) is 0 Å². The molecular weight excluding hydrogens is 370 g/mol. The summed E-state index contributed by atoms with van der Waals surface area (Å²) in [5.74, 6) is -0.757. The smallest absolute Gasteiger partial charge is 0.251 e. The van der Waals surface area contributed by atoms with Crippen molar-refractivity contribution in [1.29, 1.82) is 0 Å². The van der Waals surface area contributed by atoms with Crippen molar-refractivity contribution < 1.29 is 18.0 Å². The van der Waals surface area contributed by atoms with Crippen molar-refractivity contribution in [3.63, 3.8) is 0 Å². The second kappa shape index (κ2) is 7.91. The van der Waals surface area contributed by atoms with Gasteiger partial charge in [0.15, 0.2) is 9.84 Å². The number of sulfone groups is 1. The minimum atomic E-state index is -3.07. The van der Waals surface area contributed by atoms with Crippen LogP contribution in [-0.2, 0) is 25.8 Å². The lowest BCUT2D eigenvalue weighted by atomic mass is 10.1. The first kappa shape index (κ1) is 19.1. The van der Waals surface area contributed by atoms with Crippen molar-refractivity contribution in [3.05, 3.63) is 46.2 Å². The first-order chi connectivity index (χ1) is 12.8. The Morgan fingerprint density at radius 3 is 2.70 bits per heavy atom. The predicted octanol–water partition coefficient (Wildman–Crippen LogP) is -0.120. The number of benzene rings is 1. The van der Waals surface area contributed by atoms with Gasteiger partial charge in [0, 0.05) is 23.5 Å². The van der Waals surface area contributed by atoms with Gasteiger partial charge in [-0.05, 0) is 30.4 Å². The van der Waals surface area contributed by atoms with E-state index in [9.17, 15) is 22.8 Å². The molecular formula is C18H21N3O5S. The van der Waals surface area contributed by atoms with Gasteiger partial charge >= 0.3 is 0 Å². The molecule has 0 bridgehead atoms. The zero-order valence-corrected chi connectivity index (χ0v) is 15.5. The van der Waals surface area contributed by atoms with Crippen molar-refractivity contribution in [1.82, 2.24) is 15.6 Å². The maximum absolute atomic E-state index is 12.1. The van der Waals surface area contributed by atoms with E-state index in [0.29, 0.717) is 12.0 Å². The topological polar surface area (TPSA) is 125 Å². The van der Waals surface area contributed by atoms with E-state index < -0.39 is 21.8 Å². The lowest BCUT2D eigenvalue weighted by molar-refractivity contribution is -0.126. The number of pyridine rings is 1. The molecule has 0 aliphatic carbocycles. The molecule has 8 nitrogen and oxygen atoms in total. The molecule has 1 aliphatic heterocycles. The fourth-order valence-electron chi connectivity index (χ4n) is 3.08. The van der Waals surface area contributed by atoms with Gasteiger partial charge in [0.1, 0.15) is 0 Å². The normalized spacial score (nSPS) is 18.3. The van der Waals surface area contributed by atoms with Crippen LogP contribution in [0.15, 0.2) is 35.1 Å². The van der Waals surface area contributed by atoms with E-state index in [1.807, 2.05) is 18.2 Å². The van der Waals surface area contributed by atoms with Gasteiger partial charge in [-0.2, -0.15) is 0 Å². The number of hydrogen-bond acceptors (Lipinski definition) is 5. The molecule has 0 radical (unpaired) electrons. The molecule has 1 aliphatic rings. The highest BCUT2D eigenvalue weighted by Gasteiger charge is 2.28. The molecule has 1 saturated heterocycles. The van der Waals surface area contributed by atoms with Crippen molar-refractivity contribution >= 4 is 32.6 Å². The quantitative estimate of drug-likeness (QED) is 0.633. The second-order valence-corrected chi connectivity index (χ2v) is 8.88. The number of aryl methyl sites for hydroxylation is 1. The van der Waals surface area contributed by atoms with Crippen LogP contribution < -0.4 is 16.2 Å². The maximum atomic E-state index is 12.1. The van der Waals surface area contributed by atoms with Gasteiger partial charge in [0.05, 0.1) is 18.1 Å². The second-order valence-electron chi connectivity index (χ2n) is 6.66. The van der Waals surface area contributed by atoms with E-state index in [4.69, 9.17) is 0 Å². The van der Waals surface area contributed by atoms with Gasteiger partial charge in [0.2, 0.25) is 11.8 Å². The molecule has 1 aromatic carbocycles. The molecule has 9 heteroatoms.